The first-order valence-corrected chi connectivity index (χ1v) is 5.40. The van der Waals surface area contributed by atoms with Crippen molar-refractivity contribution in [1.29, 1.82) is 0 Å². The summed E-state index contributed by atoms with van der Waals surface area (Å²) < 4.78 is 5.58. The lowest BCUT2D eigenvalue weighted by Crippen LogP contribution is -1.92. The van der Waals surface area contributed by atoms with Crippen molar-refractivity contribution in [2.45, 2.75) is 6.92 Å². The number of halogens is 1. The molecule has 0 saturated heterocycles. The van der Waals surface area contributed by atoms with Gasteiger partial charge < -0.3 is 4.42 Å². The first-order valence-electron chi connectivity index (χ1n) is 4.32. The van der Waals surface area contributed by atoms with Crippen molar-refractivity contribution in [3.63, 3.8) is 0 Å². The van der Waals surface area contributed by atoms with Crippen LogP contribution in [0.2, 0.25) is 0 Å². The first kappa shape index (κ1) is 11.0. The average molecular weight is 331 g/mol. The normalized spacial score (nSPS) is 10.4. The summed E-state index contributed by atoms with van der Waals surface area (Å²) in [4.78, 5) is 10.3. The molecule has 0 fully saturated rings. The molecule has 0 aliphatic rings. The Hall–Kier alpha value is -1.51. The Labute approximate surface area is 104 Å². The van der Waals surface area contributed by atoms with Crippen molar-refractivity contribution in [2.75, 3.05) is 0 Å². The zero-order valence-electron chi connectivity index (χ0n) is 8.18. The third kappa shape index (κ3) is 2.03. The van der Waals surface area contributed by atoms with E-state index in [1.165, 1.54) is 6.07 Å². The number of nitrogens with zero attached hydrogens (tertiary/aromatic N) is 3. The smallest absolute Gasteiger partial charge is 0.278 e. The molecule has 0 unspecified atom stereocenters. The summed E-state index contributed by atoms with van der Waals surface area (Å²) in [5, 5.41) is 18.2. The number of benzene rings is 1. The molecule has 0 radical (unpaired) electrons. The third-order valence-electron chi connectivity index (χ3n) is 2.05. The van der Waals surface area contributed by atoms with Gasteiger partial charge in [0.1, 0.15) is 0 Å². The van der Waals surface area contributed by atoms with Crippen LogP contribution in [0.4, 0.5) is 5.69 Å². The van der Waals surface area contributed by atoms with Gasteiger partial charge in [0.25, 0.3) is 9.58 Å². The van der Waals surface area contributed by atoms with Crippen LogP contribution in [-0.4, -0.2) is 15.1 Å². The second kappa shape index (κ2) is 4.16. The Morgan fingerprint density at radius 1 is 1.44 bits per heavy atom. The fraction of sp³-hybridized carbons (Fsp3) is 0.111. The van der Waals surface area contributed by atoms with Crippen molar-refractivity contribution in [1.82, 2.24) is 10.2 Å². The van der Waals surface area contributed by atoms with Gasteiger partial charge in [0.2, 0.25) is 5.89 Å². The average Bonchev–Trinajstić information content (AvgIpc) is 2.65. The molecule has 0 N–H and O–H groups in total. The highest BCUT2D eigenvalue weighted by Gasteiger charge is 2.14. The topological polar surface area (TPSA) is 82.1 Å². The van der Waals surface area contributed by atoms with Crippen LogP contribution < -0.4 is 0 Å². The largest absolute Gasteiger partial charge is 0.412 e. The Morgan fingerprint density at radius 2 is 2.19 bits per heavy atom. The van der Waals surface area contributed by atoms with Crippen LogP contribution in [-0.2, 0) is 0 Å². The minimum atomic E-state index is -0.430. The van der Waals surface area contributed by atoms with E-state index in [2.05, 4.69) is 10.2 Å². The van der Waals surface area contributed by atoms with Crippen LogP contribution in [0.15, 0.2) is 22.6 Å². The van der Waals surface area contributed by atoms with E-state index in [0.717, 1.165) is 0 Å². The maximum Gasteiger partial charge on any atom is 0.278 e. The number of aryl methyl sites for hydroxylation is 1. The molecular weight excluding hydrogens is 325 g/mol. The lowest BCUT2D eigenvalue weighted by Gasteiger charge is -1.98. The summed E-state index contributed by atoms with van der Waals surface area (Å²) >= 11 is 1.88. The lowest BCUT2D eigenvalue weighted by molar-refractivity contribution is -0.385. The highest BCUT2D eigenvalue weighted by Crippen LogP contribution is 2.26. The van der Waals surface area contributed by atoms with Crippen molar-refractivity contribution in [2.24, 2.45) is 0 Å². The molecule has 2 rings (SSSR count). The van der Waals surface area contributed by atoms with Gasteiger partial charge >= 0.3 is 0 Å². The summed E-state index contributed by atoms with van der Waals surface area (Å²) in [6.07, 6.45) is 0. The standard InChI is InChI=1S/C9H6IN3O3/c1-5-2-3-6(4-7(5)13(14)15)8-11-12-9(10)16-8/h2-4H,1H3. The van der Waals surface area contributed by atoms with Crippen molar-refractivity contribution in [3.05, 3.63) is 37.8 Å². The predicted molar refractivity (Wildman–Crippen MR) is 63.8 cm³/mol. The van der Waals surface area contributed by atoms with E-state index in [1.54, 1.807) is 19.1 Å². The van der Waals surface area contributed by atoms with Gasteiger partial charge in [-0.1, -0.05) is 6.07 Å². The van der Waals surface area contributed by atoms with E-state index in [0.29, 0.717) is 15.0 Å². The molecule has 0 spiro atoms. The molecule has 1 aromatic heterocycles. The van der Waals surface area contributed by atoms with E-state index in [4.69, 9.17) is 4.42 Å². The molecule has 16 heavy (non-hydrogen) atoms. The van der Waals surface area contributed by atoms with Gasteiger partial charge in [-0.05, 0) is 13.0 Å². The Bertz CT molecular complexity index is 553. The van der Waals surface area contributed by atoms with Crippen molar-refractivity contribution >= 4 is 28.3 Å². The molecule has 0 aliphatic carbocycles. The molecule has 0 saturated carbocycles. The van der Waals surface area contributed by atoms with Crippen LogP contribution in [0, 0.1) is 20.9 Å². The number of aromatic nitrogens is 2. The van der Waals surface area contributed by atoms with Crippen LogP contribution >= 0.6 is 22.6 Å². The molecule has 0 aliphatic heterocycles. The number of hydrogen-bond donors (Lipinski definition) is 0. The molecule has 0 bridgehead atoms. The molecular formula is C9H6IN3O3. The monoisotopic (exact) mass is 331 g/mol. The van der Waals surface area contributed by atoms with Crippen LogP contribution in [0.25, 0.3) is 11.5 Å². The maximum atomic E-state index is 10.7. The van der Waals surface area contributed by atoms with Crippen molar-refractivity contribution < 1.29 is 9.34 Å². The zero-order chi connectivity index (χ0) is 11.7. The Balaban J connectivity index is 2.51. The summed E-state index contributed by atoms with van der Waals surface area (Å²) in [5.74, 6) is 0.285. The minimum Gasteiger partial charge on any atom is -0.412 e. The fourth-order valence-electron chi connectivity index (χ4n) is 1.26. The second-order valence-corrected chi connectivity index (χ2v) is 4.04. The molecule has 2 aromatic rings. The molecule has 1 heterocycles. The highest BCUT2D eigenvalue weighted by molar-refractivity contribution is 14.1. The zero-order valence-corrected chi connectivity index (χ0v) is 10.3. The molecule has 0 atom stereocenters. The van der Waals surface area contributed by atoms with E-state index < -0.39 is 4.92 Å². The van der Waals surface area contributed by atoms with Gasteiger partial charge in [0.15, 0.2) is 0 Å². The summed E-state index contributed by atoms with van der Waals surface area (Å²) in [6.45, 7) is 1.68. The van der Waals surface area contributed by atoms with Gasteiger partial charge in [-0.2, -0.15) is 0 Å². The first-order chi connectivity index (χ1) is 7.58. The van der Waals surface area contributed by atoms with Crippen LogP contribution in [0.1, 0.15) is 5.56 Å². The van der Waals surface area contributed by atoms with E-state index in [9.17, 15) is 10.1 Å². The van der Waals surface area contributed by atoms with Crippen LogP contribution in [0.5, 0.6) is 0 Å². The molecule has 7 heteroatoms. The van der Waals surface area contributed by atoms with Gasteiger partial charge in [-0.3, -0.25) is 10.1 Å². The van der Waals surface area contributed by atoms with E-state index in [-0.39, 0.29) is 11.6 Å². The summed E-state index contributed by atoms with van der Waals surface area (Å²) in [6, 6.07) is 4.80. The number of nitro benzene ring substituents is 1. The van der Waals surface area contributed by atoms with Crippen molar-refractivity contribution in [3.8, 4) is 11.5 Å². The molecule has 1 aromatic carbocycles. The number of rotatable bonds is 2. The minimum absolute atomic E-state index is 0.0470. The van der Waals surface area contributed by atoms with E-state index in [1.807, 2.05) is 22.6 Å². The van der Waals surface area contributed by atoms with Gasteiger partial charge in [-0.15, -0.1) is 10.2 Å². The summed E-state index contributed by atoms with van der Waals surface area (Å²) in [5.41, 5.74) is 1.20. The number of hydrogen-bond acceptors (Lipinski definition) is 5. The second-order valence-electron chi connectivity index (χ2n) is 3.12. The molecule has 6 nitrogen and oxygen atoms in total. The molecule has 0 amide bonds. The predicted octanol–water partition coefficient (Wildman–Crippen LogP) is 2.56. The third-order valence-corrected chi connectivity index (χ3v) is 2.49. The van der Waals surface area contributed by atoms with Crippen LogP contribution in [0.3, 0.4) is 0 Å². The van der Waals surface area contributed by atoms with Gasteiger partial charge in [0, 0.05) is 39.8 Å². The summed E-state index contributed by atoms with van der Waals surface area (Å²) in [7, 11) is 0. The lowest BCUT2D eigenvalue weighted by atomic mass is 10.1. The molecule has 82 valence electrons. The van der Waals surface area contributed by atoms with Gasteiger partial charge in [-0.25, -0.2) is 0 Å². The number of nitro groups is 1. The maximum absolute atomic E-state index is 10.7. The van der Waals surface area contributed by atoms with Gasteiger partial charge in [0.05, 0.1) is 4.92 Å². The highest BCUT2D eigenvalue weighted by atomic mass is 127. The SMILES string of the molecule is Cc1ccc(-c2nnc(I)o2)cc1[N+](=O)[O-]. The fourth-order valence-corrected chi connectivity index (χ4v) is 1.58. The van der Waals surface area contributed by atoms with E-state index >= 15 is 0 Å². The Morgan fingerprint density at radius 3 is 2.75 bits per heavy atom. The quantitative estimate of drug-likeness (QED) is 0.480. The Kier molecular flexibility index (Phi) is 2.86.